The zero-order chi connectivity index (χ0) is 18.6. The number of hydrogen-bond donors (Lipinski definition) is 1. The van der Waals surface area contributed by atoms with Crippen molar-refractivity contribution in [2.45, 2.75) is 25.5 Å². The Morgan fingerprint density at radius 2 is 2.26 bits per heavy atom. The van der Waals surface area contributed by atoms with Crippen molar-refractivity contribution in [1.82, 2.24) is 4.98 Å². The fraction of sp³-hybridized carbons (Fsp3) is 0.300. The molecule has 0 saturated heterocycles. The van der Waals surface area contributed by atoms with Crippen LogP contribution in [0.25, 0.3) is 10.8 Å². The standard InChI is InChI=1S/C20H20N2O3S2/c1-13-17(22-20(25-13)18-3-2-9-27-18)12-26-10-8-24-15-5-6-16-14(11-15)4-7-19(23)21-16/h2-3,5-6,9,11H,4,7-8,10,12H2,1H3,(H,21,23). The van der Waals surface area contributed by atoms with Gasteiger partial charge in [0.1, 0.15) is 11.5 Å². The van der Waals surface area contributed by atoms with Gasteiger partial charge in [-0.2, -0.15) is 11.8 Å². The van der Waals surface area contributed by atoms with Crippen LogP contribution in [0.15, 0.2) is 40.1 Å². The first kappa shape index (κ1) is 18.1. The Hall–Kier alpha value is -2.25. The number of aromatic nitrogens is 1. The normalized spacial score (nSPS) is 13.3. The number of thioether (sulfide) groups is 1. The Bertz CT molecular complexity index is 935. The Kier molecular flexibility index (Phi) is 5.50. The van der Waals surface area contributed by atoms with E-state index < -0.39 is 0 Å². The maximum Gasteiger partial charge on any atom is 0.236 e. The highest BCUT2D eigenvalue weighted by atomic mass is 32.2. The topological polar surface area (TPSA) is 64.4 Å². The second kappa shape index (κ2) is 8.19. The third kappa shape index (κ3) is 4.36. The molecule has 3 heterocycles. The summed E-state index contributed by atoms with van der Waals surface area (Å²) in [4.78, 5) is 17.1. The lowest BCUT2D eigenvalue weighted by atomic mass is 10.0. The van der Waals surface area contributed by atoms with Gasteiger partial charge in [0.05, 0.1) is 17.2 Å². The summed E-state index contributed by atoms with van der Waals surface area (Å²) in [6.45, 7) is 2.59. The lowest BCUT2D eigenvalue weighted by Gasteiger charge is -2.17. The smallest absolute Gasteiger partial charge is 0.236 e. The Balaban J connectivity index is 1.25. The van der Waals surface area contributed by atoms with Crippen molar-refractivity contribution in [3.05, 3.63) is 52.7 Å². The SMILES string of the molecule is Cc1oc(-c2cccs2)nc1CSCCOc1ccc2c(c1)CCC(=O)N2. The molecule has 5 nitrogen and oxygen atoms in total. The summed E-state index contributed by atoms with van der Waals surface area (Å²) >= 11 is 3.41. The number of fused-ring (bicyclic) bond motifs is 1. The molecular weight excluding hydrogens is 380 g/mol. The van der Waals surface area contributed by atoms with Crippen molar-refractivity contribution in [3.63, 3.8) is 0 Å². The van der Waals surface area contributed by atoms with E-state index in [2.05, 4.69) is 10.3 Å². The lowest BCUT2D eigenvalue weighted by Crippen LogP contribution is -2.18. The van der Waals surface area contributed by atoms with E-state index in [1.807, 2.05) is 42.6 Å². The number of nitrogens with one attached hydrogen (secondary N) is 1. The number of carbonyl (C=O) groups is 1. The third-order valence-electron chi connectivity index (χ3n) is 4.33. The molecule has 2 aromatic heterocycles. The highest BCUT2D eigenvalue weighted by molar-refractivity contribution is 7.98. The van der Waals surface area contributed by atoms with Crippen LogP contribution in [0.2, 0.25) is 0 Å². The van der Waals surface area contributed by atoms with Crippen LogP contribution >= 0.6 is 23.1 Å². The third-order valence-corrected chi connectivity index (χ3v) is 6.12. The van der Waals surface area contributed by atoms with Crippen LogP contribution in [0.5, 0.6) is 5.75 Å². The van der Waals surface area contributed by atoms with Gasteiger partial charge >= 0.3 is 0 Å². The van der Waals surface area contributed by atoms with Gasteiger partial charge in [0.15, 0.2) is 0 Å². The van der Waals surface area contributed by atoms with Crippen LogP contribution in [0.4, 0.5) is 5.69 Å². The van der Waals surface area contributed by atoms with Crippen LogP contribution in [0.1, 0.15) is 23.4 Å². The Morgan fingerprint density at radius 1 is 1.33 bits per heavy atom. The van der Waals surface area contributed by atoms with Crippen molar-refractivity contribution in [2.75, 3.05) is 17.7 Å². The van der Waals surface area contributed by atoms with E-state index in [9.17, 15) is 4.79 Å². The number of oxazole rings is 1. The van der Waals surface area contributed by atoms with Gasteiger partial charge < -0.3 is 14.5 Å². The molecule has 1 aliphatic rings. The zero-order valence-corrected chi connectivity index (χ0v) is 16.6. The fourth-order valence-electron chi connectivity index (χ4n) is 2.90. The molecule has 1 aliphatic heterocycles. The highest BCUT2D eigenvalue weighted by Gasteiger charge is 2.15. The number of hydrogen-bond acceptors (Lipinski definition) is 6. The van der Waals surface area contributed by atoms with Gasteiger partial charge in [-0.3, -0.25) is 4.79 Å². The van der Waals surface area contributed by atoms with Gasteiger partial charge in [-0.25, -0.2) is 4.98 Å². The minimum absolute atomic E-state index is 0.0814. The molecule has 140 valence electrons. The quantitative estimate of drug-likeness (QED) is 0.571. The molecule has 0 aliphatic carbocycles. The molecule has 0 atom stereocenters. The summed E-state index contributed by atoms with van der Waals surface area (Å²) in [6, 6.07) is 9.86. The molecule has 1 aromatic carbocycles. The van der Waals surface area contributed by atoms with E-state index in [4.69, 9.17) is 9.15 Å². The van der Waals surface area contributed by atoms with Crippen LogP contribution in [-0.2, 0) is 17.0 Å². The summed E-state index contributed by atoms with van der Waals surface area (Å²) in [5.74, 6) is 4.19. The number of thiophene rings is 1. The van der Waals surface area contributed by atoms with Gasteiger partial charge in [-0.1, -0.05) is 6.07 Å². The summed E-state index contributed by atoms with van der Waals surface area (Å²) in [5, 5.41) is 4.91. The van der Waals surface area contributed by atoms with Gasteiger partial charge in [0, 0.05) is 23.6 Å². The summed E-state index contributed by atoms with van der Waals surface area (Å²) in [7, 11) is 0. The lowest BCUT2D eigenvalue weighted by molar-refractivity contribution is -0.116. The largest absolute Gasteiger partial charge is 0.493 e. The first-order chi connectivity index (χ1) is 13.2. The Morgan fingerprint density at radius 3 is 3.11 bits per heavy atom. The van der Waals surface area contributed by atoms with Gasteiger partial charge in [0.25, 0.3) is 0 Å². The molecule has 4 rings (SSSR count). The highest BCUT2D eigenvalue weighted by Crippen LogP contribution is 2.28. The number of rotatable bonds is 7. The van der Waals surface area contributed by atoms with Crippen molar-refractivity contribution in [1.29, 1.82) is 0 Å². The number of nitrogens with zero attached hydrogens (tertiary/aromatic N) is 1. The monoisotopic (exact) mass is 400 g/mol. The maximum atomic E-state index is 11.4. The van der Waals surface area contributed by atoms with E-state index in [1.54, 1.807) is 23.1 Å². The van der Waals surface area contributed by atoms with Gasteiger partial charge in [-0.05, 0) is 48.6 Å². The average molecular weight is 401 g/mol. The zero-order valence-electron chi connectivity index (χ0n) is 15.0. The van der Waals surface area contributed by atoms with Crippen LogP contribution in [0, 0.1) is 6.92 Å². The molecule has 7 heteroatoms. The summed E-state index contributed by atoms with van der Waals surface area (Å²) in [6.07, 6.45) is 1.31. The summed E-state index contributed by atoms with van der Waals surface area (Å²) in [5.41, 5.74) is 3.03. The molecule has 0 bridgehead atoms. The minimum Gasteiger partial charge on any atom is -0.493 e. The first-order valence-electron chi connectivity index (χ1n) is 8.82. The van der Waals surface area contributed by atoms with E-state index in [-0.39, 0.29) is 5.91 Å². The van der Waals surface area contributed by atoms with Crippen molar-refractivity contribution in [3.8, 4) is 16.5 Å². The molecule has 0 saturated carbocycles. The number of anilines is 1. The molecule has 27 heavy (non-hydrogen) atoms. The predicted molar refractivity (Wildman–Crippen MR) is 110 cm³/mol. The average Bonchev–Trinajstić information content (AvgIpc) is 3.31. The number of aryl methyl sites for hydroxylation is 2. The minimum atomic E-state index is 0.0814. The number of carbonyl (C=O) groups excluding carboxylic acids is 1. The molecule has 3 aromatic rings. The van der Waals surface area contributed by atoms with Crippen LogP contribution < -0.4 is 10.1 Å². The second-order valence-electron chi connectivity index (χ2n) is 6.27. The van der Waals surface area contributed by atoms with Gasteiger partial charge in [0.2, 0.25) is 11.8 Å². The van der Waals surface area contributed by atoms with Gasteiger partial charge in [-0.15, -0.1) is 11.3 Å². The number of ether oxygens (including phenoxy) is 1. The van der Waals surface area contributed by atoms with E-state index >= 15 is 0 Å². The van der Waals surface area contributed by atoms with E-state index in [0.29, 0.717) is 18.9 Å². The molecule has 1 N–H and O–H groups in total. The van der Waals surface area contributed by atoms with Crippen molar-refractivity contribution in [2.24, 2.45) is 0 Å². The Labute approximate surface area is 166 Å². The number of amides is 1. The molecular formula is C20H20N2O3S2. The first-order valence-corrected chi connectivity index (χ1v) is 10.9. The van der Waals surface area contributed by atoms with Crippen LogP contribution in [0.3, 0.4) is 0 Å². The molecule has 0 radical (unpaired) electrons. The maximum absolute atomic E-state index is 11.4. The van der Waals surface area contributed by atoms with E-state index in [0.717, 1.165) is 51.3 Å². The van der Waals surface area contributed by atoms with Crippen molar-refractivity contribution >= 4 is 34.7 Å². The van der Waals surface area contributed by atoms with Crippen LogP contribution in [-0.4, -0.2) is 23.3 Å². The van der Waals surface area contributed by atoms with Crippen molar-refractivity contribution < 1.29 is 13.9 Å². The molecule has 0 fully saturated rings. The molecule has 0 unspecified atom stereocenters. The summed E-state index contributed by atoms with van der Waals surface area (Å²) < 4.78 is 11.6. The fourth-order valence-corrected chi connectivity index (χ4v) is 4.36. The van der Waals surface area contributed by atoms with E-state index in [1.165, 1.54) is 0 Å². The second-order valence-corrected chi connectivity index (χ2v) is 8.32. The number of benzene rings is 1. The predicted octanol–water partition coefficient (Wildman–Crippen LogP) is 4.91. The molecule has 1 amide bonds. The molecule has 0 spiro atoms.